The van der Waals surface area contributed by atoms with Gasteiger partial charge in [0, 0.05) is 6.61 Å². The molecule has 1 saturated heterocycles. The molecule has 5 nitrogen and oxygen atoms in total. The van der Waals surface area contributed by atoms with Crippen molar-refractivity contribution < 1.29 is 13.7 Å². The van der Waals surface area contributed by atoms with Gasteiger partial charge in [0.25, 0.3) is 5.89 Å². The van der Waals surface area contributed by atoms with E-state index in [4.69, 9.17) is 9.26 Å². The third-order valence-corrected chi connectivity index (χ3v) is 4.55. The van der Waals surface area contributed by atoms with Gasteiger partial charge in [0.1, 0.15) is 5.82 Å². The number of aromatic nitrogens is 2. The van der Waals surface area contributed by atoms with E-state index in [1.54, 1.807) is 30.3 Å². The molecule has 124 valence electrons. The van der Waals surface area contributed by atoms with Crippen LogP contribution in [0.5, 0.6) is 0 Å². The van der Waals surface area contributed by atoms with Crippen LogP contribution in [0.15, 0.2) is 53.1 Å². The molecule has 3 aromatic rings. The molecule has 0 radical (unpaired) electrons. The molecule has 4 rings (SSSR count). The summed E-state index contributed by atoms with van der Waals surface area (Å²) in [5.74, 6) is 0.481. The lowest BCUT2D eigenvalue weighted by Gasteiger charge is -2.23. The van der Waals surface area contributed by atoms with Crippen molar-refractivity contribution in [3.05, 3.63) is 71.3 Å². The van der Waals surface area contributed by atoms with Crippen molar-refractivity contribution in [1.82, 2.24) is 10.1 Å². The van der Waals surface area contributed by atoms with Gasteiger partial charge in [-0.2, -0.15) is 10.2 Å². The number of hydrogen-bond donors (Lipinski definition) is 0. The van der Waals surface area contributed by atoms with E-state index < -0.39 is 5.41 Å². The Kier molecular flexibility index (Phi) is 3.79. The number of rotatable bonds is 3. The molecule has 6 heteroatoms. The van der Waals surface area contributed by atoms with E-state index in [9.17, 15) is 9.65 Å². The van der Waals surface area contributed by atoms with Gasteiger partial charge in [0.2, 0.25) is 0 Å². The summed E-state index contributed by atoms with van der Waals surface area (Å²) in [6.07, 6.45) is 0.678. The Hall–Kier alpha value is -3.04. The van der Waals surface area contributed by atoms with Gasteiger partial charge < -0.3 is 9.26 Å². The first-order valence-corrected chi connectivity index (χ1v) is 7.90. The van der Waals surface area contributed by atoms with Crippen LogP contribution in [0.1, 0.15) is 23.4 Å². The lowest BCUT2D eigenvalue weighted by Crippen LogP contribution is -2.29. The second kappa shape index (κ2) is 6.11. The summed E-state index contributed by atoms with van der Waals surface area (Å²) in [7, 11) is 0. The van der Waals surface area contributed by atoms with Crippen molar-refractivity contribution in [3.63, 3.8) is 0 Å². The van der Waals surface area contributed by atoms with Gasteiger partial charge in [-0.25, -0.2) is 4.39 Å². The summed E-state index contributed by atoms with van der Waals surface area (Å²) in [6.45, 7) is 0.966. The van der Waals surface area contributed by atoms with E-state index in [0.29, 0.717) is 42.5 Å². The van der Waals surface area contributed by atoms with Gasteiger partial charge >= 0.3 is 0 Å². The monoisotopic (exact) mass is 335 g/mol. The van der Waals surface area contributed by atoms with Gasteiger partial charge in [0.05, 0.1) is 29.2 Å². The number of hydrogen-bond acceptors (Lipinski definition) is 5. The fourth-order valence-electron chi connectivity index (χ4n) is 3.16. The molecule has 2 aromatic carbocycles. The molecule has 1 atom stereocenters. The molecule has 1 fully saturated rings. The number of ether oxygens (including phenoxy) is 1. The van der Waals surface area contributed by atoms with Crippen LogP contribution in [0, 0.1) is 17.1 Å². The highest BCUT2D eigenvalue weighted by Gasteiger charge is 2.43. The Morgan fingerprint density at radius 3 is 2.64 bits per heavy atom. The first kappa shape index (κ1) is 15.5. The highest BCUT2D eigenvalue weighted by molar-refractivity contribution is 5.63. The molecule has 0 aliphatic carbocycles. The quantitative estimate of drug-likeness (QED) is 0.733. The van der Waals surface area contributed by atoms with Crippen molar-refractivity contribution in [2.75, 3.05) is 13.2 Å². The molecular weight excluding hydrogens is 321 g/mol. The second-order valence-corrected chi connectivity index (χ2v) is 5.97. The van der Waals surface area contributed by atoms with Gasteiger partial charge in [-0.05, 0) is 36.2 Å². The van der Waals surface area contributed by atoms with Gasteiger partial charge in [-0.3, -0.25) is 0 Å². The topological polar surface area (TPSA) is 71.9 Å². The maximum atomic E-state index is 13.3. The van der Waals surface area contributed by atoms with E-state index >= 15 is 0 Å². The number of benzene rings is 2. The summed E-state index contributed by atoms with van der Waals surface area (Å²) in [5.41, 5.74) is 1.37. The molecule has 0 unspecified atom stereocenters. The minimum absolute atomic E-state index is 0.292. The Balaban J connectivity index is 1.79. The van der Waals surface area contributed by atoms with E-state index in [0.717, 1.165) is 5.56 Å². The fourth-order valence-corrected chi connectivity index (χ4v) is 3.16. The molecule has 1 aliphatic rings. The van der Waals surface area contributed by atoms with Crippen LogP contribution >= 0.6 is 0 Å². The fraction of sp³-hybridized carbons (Fsp3) is 0.211. The van der Waals surface area contributed by atoms with E-state index in [1.165, 1.54) is 12.1 Å². The number of nitriles is 1. The normalized spacial score (nSPS) is 19.7. The maximum Gasteiger partial charge on any atom is 0.259 e. The summed E-state index contributed by atoms with van der Waals surface area (Å²) in [5, 5.41) is 13.4. The first-order chi connectivity index (χ1) is 12.2. The zero-order valence-corrected chi connectivity index (χ0v) is 13.3. The third-order valence-electron chi connectivity index (χ3n) is 4.55. The lowest BCUT2D eigenvalue weighted by molar-refractivity contribution is 0.182. The SMILES string of the molecule is N#Cc1ccccc1-c1nc([C@]2(c3ccc(F)cc3)CCOC2)no1. The smallest absolute Gasteiger partial charge is 0.259 e. The van der Waals surface area contributed by atoms with E-state index in [1.807, 2.05) is 6.07 Å². The molecule has 0 amide bonds. The standard InChI is InChI=1S/C19H14FN3O2/c20-15-7-5-14(6-8-15)19(9-10-24-12-19)18-22-17(25-23-18)16-4-2-1-3-13(16)11-21/h1-8H,9-10,12H2/t19-/m1/s1. The van der Waals surface area contributed by atoms with Crippen molar-refractivity contribution in [1.29, 1.82) is 5.26 Å². The van der Waals surface area contributed by atoms with Gasteiger partial charge in [-0.1, -0.05) is 29.4 Å². The van der Waals surface area contributed by atoms with Crippen LogP contribution in [-0.4, -0.2) is 23.4 Å². The molecule has 0 spiro atoms. The van der Waals surface area contributed by atoms with Crippen LogP contribution in [0.2, 0.25) is 0 Å². The van der Waals surface area contributed by atoms with Crippen LogP contribution in [-0.2, 0) is 10.2 Å². The van der Waals surface area contributed by atoms with Gasteiger partial charge in [0.15, 0.2) is 5.82 Å². The Morgan fingerprint density at radius 1 is 1.12 bits per heavy atom. The minimum Gasteiger partial charge on any atom is -0.380 e. The third kappa shape index (κ3) is 2.59. The van der Waals surface area contributed by atoms with E-state index in [-0.39, 0.29) is 5.82 Å². The average molecular weight is 335 g/mol. The molecule has 0 saturated carbocycles. The minimum atomic E-state index is -0.572. The van der Waals surface area contributed by atoms with Crippen molar-refractivity contribution in [3.8, 4) is 17.5 Å². The maximum absolute atomic E-state index is 13.3. The van der Waals surface area contributed by atoms with Crippen molar-refractivity contribution >= 4 is 0 Å². The predicted octanol–water partition coefficient (Wildman–Crippen LogP) is 3.45. The first-order valence-electron chi connectivity index (χ1n) is 7.90. The molecule has 0 N–H and O–H groups in total. The number of halogens is 1. The second-order valence-electron chi connectivity index (χ2n) is 5.97. The molecule has 0 bridgehead atoms. The number of nitrogens with zero attached hydrogens (tertiary/aromatic N) is 3. The van der Waals surface area contributed by atoms with Crippen LogP contribution in [0.4, 0.5) is 4.39 Å². The summed E-state index contributed by atoms with van der Waals surface area (Å²) < 4.78 is 24.3. The van der Waals surface area contributed by atoms with Crippen LogP contribution < -0.4 is 0 Å². The van der Waals surface area contributed by atoms with Crippen LogP contribution in [0.3, 0.4) is 0 Å². The Bertz CT molecular complexity index is 938. The molecule has 2 heterocycles. The van der Waals surface area contributed by atoms with Crippen molar-refractivity contribution in [2.24, 2.45) is 0 Å². The molecule has 1 aromatic heterocycles. The zero-order chi connectivity index (χ0) is 17.3. The lowest BCUT2D eigenvalue weighted by atomic mass is 9.79. The summed E-state index contributed by atoms with van der Waals surface area (Å²) >= 11 is 0. The van der Waals surface area contributed by atoms with E-state index in [2.05, 4.69) is 16.2 Å². The molecular formula is C19H14FN3O2. The highest BCUT2D eigenvalue weighted by atomic mass is 19.1. The molecule has 1 aliphatic heterocycles. The summed E-state index contributed by atoms with van der Waals surface area (Å²) in [6, 6.07) is 15.5. The van der Waals surface area contributed by atoms with Crippen molar-refractivity contribution in [2.45, 2.75) is 11.8 Å². The summed E-state index contributed by atoms with van der Waals surface area (Å²) in [4.78, 5) is 4.54. The van der Waals surface area contributed by atoms with Gasteiger partial charge in [-0.15, -0.1) is 0 Å². The average Bonchev–Trinajstić information content (AvgIpc) is 3.32. The Morgan fingerprint density at radius 2 is 1.92 bits per heavy atom. The largest absolute Gasteiger partial charge is 0.380 e. The molecule has 25 heavy (non-hydrogen) atoms. The predicted molar refractivity (Wildman–Crippen MR) is 87.1 cm³/mol. The van der Waals surface area contributed by atoms with Crippen LogP contribution in [0.25, 0.3) is 11.5 Å². The highest BCUT2D eigenvalue weighted by Crippen LogP contribution is 2.39. The zero-order valence-electron chi connectivity index (χ0n) is 13.3. The Labute approximate surface area is 143 Å².